The van der Waals surface area contributed by atoms with Crippen LogP contribution in [-0.2, 0) is 11.3 Å². The fourth-order valence-corrected chi connectivity index (χ4v) is 3.71. The molecule has 0 spiro atoms. The van der Waals surface area contributed by atoms with Crippen LogP contribution in [0.4, 0.5) is 5.69 Å². The Morgan fingerprint density at radius 2 is 2.00 bits per heavy atom. The Bertz CT molecular complexity index is 827. The molecule has 0 radical (unpaired) electrons. The number of benzene rings is 1. The van der Waals surface area contributed by atoms with Gasteiger partial charge in [-0.05, 0) is 37.6 Å². The van der Waals surface area contributed by atoms with Crippen LogP contribution in [0.3, 0.4) is 0 Å². The number of hydrogen-bond acceptors (Lipinski definition) is 5. The first-order valence-electron chi connectivity index (χ1n) is 9.51. The van der Waals surface area contributed by atoms with E-state index in [1.165, 1.54) is 19.3 Å². The van der Waals surface area contributed by atoms with E-state index in [0.29, 0.717) is 0 Å². The lowest BCUT2D eigenvalue weighted by molar-refractivity contribution is -0.116. The zero-order valence-electron chi connectivity index (χ0n) is 15.2. The molecular weight excluding hydrogens is 344 g/mol. The summed E-state index contributed by atoms with van der Waals surface area (Å²) in [5, 5.41) is 13.8. The van der Waals surface area contributed by atoms with Crippen molar-refractivity contribution in [3.63, 3.8) is 0 Å². The molecule has 0 saturated carbocycles. The Hall–Kier alpha value is -2.74. The minimum absolute atomic E-state index is 0.107. The van der Waals surface area contributed by atoms with Gasteiger partial charge in [-0.2, -0.15) is 0 Å². The van der Waals surface area contributed by atoms with E-state index < -0.39 is 0 Å². The highest BCUT2D eigenvalue weighted by Gasteiger charge is 2.27. The molecular formula is C19H24N6O2. The van der Waals surface area contributed by atoms with Crippen molar-refractivity contribution in [1.29, 1.82) is 0 Å². The molecule has 2 aromatic rings. The number of carbonyl (C=O) groups is 2. The first-order chi connectivity index (χ1) is 13.2. The van der Waals surface area contributed by atoms with Crippen LogP contribution in [0, 0.1) is 0 Å². The second kappa shape index (κ2) is 7.87. The Kier molecular flexibility index (Phi) is 5.15. The molecule has 3 heterocycles. The van der Waals surface area contributed by atoms with E-state index in [2.05, 4.69) is 25.8 Å². The number of aromatic nitrogens is 3. The number of nitrogens with one attached hydrogen (secondary N) is 2. The number of para-hydroxylation sites is 1. The van der Waals surface area contributed by atoms with Crippen molar-refractivity contribution >= 4 is 17.5 Å². The van der Waals surface area contributed by atoms with Gasteiger partial charge in [-0.25, -0.2) is 0 Å². The molecule has 0 unspecified atom stereocenters. The van der Waals surface area contributed by atoms with Gasteiger partial charge >= 0.3 is 0 Å². The Morgan fingerprint density at radius 1 is 1.19 bits per heavy atom. The predicted octanol–water partition coefficient (Wildman–Crippen LogP) is 1.58. The fraction of sp³-hybridized carbons (Fsp3) is 0.474. The molecule has 2 N–H and O–H groups in total. The molecule has 2 aliphatic heterocycles. The van der Waals surface area contributed by atoms with Crippen molar-refractivity contribution in [2.24, 2.45) is 0 Å². The minimum atomic E-state index is -0.360. The lowest BCUT2D eigenvalue weighted by Crippen LogP contribution is -2.35. The predicted molar refractivity (Wildman–Crippen MR) is 100 cm³/mol. The number of rotatable bonds is 5. The van der Waals surface area contributed by atoms with E-state index in [9.17, 15) is 9.59 Å². The maximum atomic E-state index is 12.6. The van der Waals surface area contributed by atoms with Crippen LogP contribution in [0.15, 0.2) is 30.5 Å². The van der Waals surface area contributed by atoms with Gasteiger partial charge in [-0.15, -0.1) is 5.10 Å². The average molecular weight is 368 g/mol. The summed E-state index contributed by atoms with van der Waals surface area (Å²) in [7, 11) is 0. The van der Waals surface area contributed by atoms with Gasteiger partial charge in [-0.1, -0.05) is 29.8 Å². The van der Waals surface area contributed by atoms with Gasteiger partial charge in [0.25, 0.3) is 5.91 Å². The van der Waals surface area contributed by atoms with Crippen LogP contribution < -0.4 is 10.6 Å². The summed E-state index contributed by atoms with van der Waals surface area (Å²) in [4.78, 5) is 26.9. The van der Waals surface area contributed by atoms with E-state index in [1.54, 1.807) is 10.9 Å². The second-order valence-electron chi connectivity index (χ2n) is 7.13. The fourth-order valence-electron chi connectivity index (χ4n) is 3.71. The van der Waals surface area contributed by atoms with Gasteiger partial charge in [0.2, 0.25) is 5.91 Å². The molecule has 1 fully saturated rings. The zero-order valence-corrected chi connectivity index (χ0v) is 15.2. The number of anilines is 1. The van der Waals surface area contributed by atoms with Crippen molar-refractivity contribution in [2.45, 2.75) is 38.3 Å². The maximum Gasteiger partial charge on any atom is 0.273 e. The Balaban J connectivity index is 1.37. The first-order valence-corrected chi connectivity index (χ1v) is 9.51. The molecule has 27 heavy (non-hydrogen) atoms. The molecule has 142 valence electrons. The van der Waals surface area contributed by atoms with Crippen LogP contribution in [0.25, 0.3) is 0 Å². The van der Waals surface area contributed by atoms with Crippen molar-refractivity contribution in [2.75, 3.05) is 25.0 Å². The number of fused-ring (bicyclic) bond motifs is 1. The lowest BCUT2D eigenvalue weighted by Gasteiger charge is -2.26. The topological polar surface area (TPSA) is 92.2 Å². The SMILES string of the molecule is O=C1C[C@H](NC(=O)c2cn(CCN3CCCCC3)nn2)c2ccccc2N1. The van der Waals surface area contributed by atoms with Crippen LogP contribution in [0.1, 0.15) is 47.8 Å². The van der Waals surface area contributed by atoms with Gasteiger partial charge in [0.05, 0.1) is 25.2 Å². The van der Waals surface area contributed by atoms with Gasteiger partial charge in [0.1, 0.15) is 0 Å². The molecule has 2 aliphatic rings. The highest BCUT2D eigenvalue weighted by Crippen LogP contribution is 2.30. The molecule has 0 bridgehead atoms. The summed E-state index contributed by atoms with van der Waals surface area (Å²) in [6.45, 7) is 3.89. The van der Waals surface area contributed by atoms with E-state index in [0.717, 1.165) is 37.4 Å². The van der Waals surface area contributed by atoms with Crippen LogP contribution in [-0.4, -0.2) is 51.3 Å². The second-order valence-corrected chi connectivity index (χ2v) is 7.13. The highest BCUT2D eigenvalue weighted by atomic mass is 16.2. The molecule has 8 nitrogen and oxygen atoms in total. The summed E-state index contributed by atoms with van der Waals surface area (Å²) in [6.07, 6.45) is 5.70. The van der Waals surface area contributed by atoms with Crippen molar-refractivity contribution in [1.82, 2.24) is 25.2 Å². The summed E-state index contributed by atoms with van der Waals surface area (Å²) >= 11 is 0. The molecule has 1 aromatic carbocycles. The Labute approximate surface area is 157 Å². The van der Waals surface area contributed by atoms with Crippen molar-refractivity contribution in [3.05, 3.63) is 41.7 Å². The number of piperidine rings is 1. The third kappa shape index (κ3) is 4.16. The molecule has 0 aliphatic carbocycles. The summed E-state index contributed by atoms with van der Waals surface area (Å²) in [6, 6.07) is 7.14. The number of amides is 2. The van der Waals surface area contributed by atoms with Crippen LogP contribution >= 0.6 is 0 Å². The average Bonchev–Trinajstić information content (AvgIpc) is 3.16. The van der Waals surface area contributed by atoms with Crippen LogP contribution in [0.5, 0.6) is 0 Å². The third-order valence-corrected chi connectivity index (χ3v) is 5.17. The molecule has 2 amide bonds. The van der Waals surface area contributed by atoms with Crippen molar-refractivity contribution in [3.8, 4) is 0 Å². The van der Waals surface area contributed by atoms with E-state index in [1.807, 2.05) is 24.3 Å². The molecule has 1 saturated heterocycles. The van der Waals surface area contributed by atoms with Crippen molar-refractivity contribution < 1.29 is 9.59 Å². The number of nitrogens with zero attached hydrogens (tertiary/aromatic N) is 4. The highest BCUT2D eigenvalue weighted by molar-refractivity contribution is 5.97. The summed E-state index contributed by atoms with van der Waals surface area (Å²) in [5.74, 6) is -0.419. The zero-order chi connectivity index (χ0) is 18.6. The molecule has 8 heteroatoms. The minimum Gasteiger partial charge on any atom is -0.343 e. The summed E-state index contributed by atoms with van der Waals surface area (Å²) in [5.41, 5.74) is 1.92. The normalized spacial score (nSPS) is 20.0. The molecule has 1 atom stereocenters. The van der Waals surface area contributed by atoms with Gasteiger partial charge < -0.3 is 15.5 Å². The third-order valence-electron chi connectivity index (χ3n) is 5.17. The largest absolute Gasteiger partial charge is 0.343 e. The maximum absolute atomic E-state index is 12.6. The van der Waals surface area contributed by atoms with Crippen LogP contribution in [0.2, 0.25) is 0 Å². The molecule has 4 rings (SSSR count). The number of carbonyl (C=O) groups excluding carboxylic acids is 2. The number of likely N-dealkylation sites (tertiary alicyclic amines) is 1. The van der Waals surface area contributed by atoms with Gasteiger partial charge in [0, 0.05) is 12.2 Å². The Morgan fingerprint density at radius 3 is 2.85 bits per heavy atom. The molecule has 1 aromatic heterocycles. The quantitative estimate of drug-likeness (QED) is 0.836. The number of hydrogen-bond donors (Lipinski definition) is 2. The van der Waals surface area contributed by atoms with E-state index in [4.69, 9.17) is 0 Å². The van der Waals surface area contributed by atoms with Gasteiger partial charge in [-0.3, -0.25) is 14.3 Å². The van der Waals surface area contributed by atoms with Gasteiger partial charge in [0.15, 0.2) is 5.69 Å². The lowest BCUT2D eigenvalue weighted by atomic mass is 9.97. The monoisotopic (exact) mass is 368 g/mol. The standard InChI is InChI=1S/C19H24N6O2/c26-18-12-16(14-6-2-3-7-15(14)20-18)21-19(27)17-13-25(23-22-17)11-10-24-8-4-1-5-9-24/h2-3,6-7,13,16H,1,4-5,8-12H2,(H,20,26)(H,21,27)/t16-/m0/s1. The summed E-state index contributed by atoms with van der Waals surface area (Å²) < 4.78 is 1.71. The smallest absolute Gasteiger partial charge is 0.273 e. The van der Waals surface area contributed by atoms with E-state index in [-0.39, 0.29) is 30.0 Å². The van der Waals surface area contributed by atoms with E-state index >= 15 is 0 Å². The first kappa shape index (κ1) is 17.7.